The van der Waals surface area contributed by atoms with Gasteiger partial charge in [-0.3, -0.25) is 0 Å². The van der Waals surface area contributed by atoms with E-state index in [1.807, 2.05) is 39.3 Å². The van der Waals surface area contributed by atoms with E-state index < -0.39 is 0 Å². The lowest BCUT2D eigenvalue weighted by Crippen LogP contribution is -2.41. The normalized spacial score (nSPS) is 12.6. The molecule has 0 aromatic carbocycles. The zero-order valence-corrected chi connectivity index (χ0v) is 10.5. The number of nitrogens with one attached hydrogen (secondary N) is 1. The zero-order chi connectivity index (χ0) is 11.4. The van der Waals surface area contributed by atoms with Crippen LogP contribution in [0.3, 0.4) is 0 Å². The van der Waals surface area contributed by atoms with E-state index >= 15 is 0 Å². The van der Waals surface area contributed by atoms with Crippen molar-refractivity contribution in [3.63, 3.8) is 0 Å². The highest BCUT2D eigenvalue weighted by Gasteiger charge is 2.18. The van der Waals surface area contributed by atoms with Crippen LogP contribution in [-0.4, -0.2) is 24.0 Å². The van der Waals surface area contributed by atoms with Crippen LogP contribution in [-0.2, 0) is 0 Å². The van der Waals surface area contributed by atoms with E-state index in [2.05, 4.69) is 11.4 Å². The van der Waals surface area contributed by atoms with Crippen molar-refractivity contribution in [3.8, 4) is 0 Å². The number of urea groups is 1. The Hall–Kier alpha value is -1.03. The van der Waals surface area contributed by atoms with Crippen LogP contribution in [0.1, 0.15) is 31.7 Å². The molecule has 0 saturated carbocycles. The fraction of sp³-hybridized carbons (Fsp3) is 0.545. The molecule has 1 aromatic heterocycles. The summed E-state index contributed by atoms with van der Waals surface area (Å²) in [6.07, 6.45) is 0. The Morgan fingerprint density at radius 2 is 2.13 bits per heavy atom. The molecule has 4 heteroatoms. The molecule has 1 atom stereocenters. The molecule has 0 bridgehead atoms. The Bertz CT molecular complexity index is 308. The zero-order valence-electron chi connectivity index (χ0n) is 9.65. The van der Waals surface area contributed by atoms with Gasteiger partial charge in [0.05, 0.1) is 6.04 Å². The average Bonchev–Trinajstić information content (AvgIpc) is 2.67. The van der Waals surface area contributed by atoms with Gasteiger partial charge in [-0.25, -0.2) is 4.79 Å². The standard InChI is InChI=1S/C11H18N2OS/c1-8(2)12-11(14)13(4)9(3)10-6-5-7-15-10/h5-9H,1-4H3,(H,12,14). The molecule has 84 valence electrons. The topological polar surface area (TPSA) is 32.3 Å². The second-order valence-corrected chi connectivity index (χ2v) is 4.89. The fourth-order valence-electron chi connectivity index (χ4n) is 1.24. The first kappa shape index (κ1) is 12.0. The van der Waals surface area contributed by atoms with Gasteiger partial charge in [0.15, 0.2) is 0 Å². The maximum atomic E-state index is 11.7. The van der Waals surface area contributed by atoms with Crippen molar-refractivity contribution in [3.05, 3.63) is 22.4 Å². The van der Waals surface area contributed by atoms with Gasteiger partial charge in [-0.15, -0.1) is 11.3 Å². The van der Waals surface area contributed by atoms with Crippen molar-refractivity contribution in [2.75, 3.05) is 7.05 Å². The predicted octanol–water partition coefficient (Wildman–Crippen LogP) is 2.86. The summed E-state index contributed by atoms with van der Waals surface area (Å²) in [5, 5.41) is 4.90. The SMILES string of the molecule is CC(C)NC(=O)N(C)C(C)c1cccs1. The minimum absolute atomic E-state index is 0.0223. The van der Waals surface area contributed by atoms with Gasteiger partial charge in [0.2, 0.25) is 0 Å². The third-order valence-electron chi connectivity index (χ3n) is 2.27. The number of nitrogens with zero attached hydrogens (tertiary/aromatic N) is 1. The number of hydrogen-bond acceptors (Lipinski definition) is 2. The lowest BCUT2D eigenvalue weighted by molar-refractivity contribution is 0.192. The molecule has 0 aliphatic heterocycles. The summed E-state index contributed by atoms with van der Waals surface area (Å²) < 4.78 is 0. The van der Waals surface area contributed by atoms with Crippen LogP contribution in [0.5, 0.6) is 0 Å². The van der Waals surface area contributed by atoms with Gasteiger partial charge in [-0.2, -0.15) is 0 Å². The second kappa shape index (κ2) is 5.16. The molecule has 0 radical (unpaired) electrons. The predicted molar refractivity (Wildman–Crippen MR) is 64.2 cm³/mol. The van der Waals surface area contributed by atoms with Crippen LogP contribution in [0.2, 0.25) is 0 Å². The molecule has 1 unspecified atom stereocenters. The molecule has 0 aliphatic rings. The Morgan fingerprint density at radius 3 is 2.60 bits per heavy atom. The number of thiophene rings is 1. The fourth-order valence-corrected chi connectivity index (χ4v) is 2.07. The Morgan fingerprint density at radius 1 is 1.47 bits per heavy atom. The minimum atomic E-state index is -0.0223. The van der Waals surface area contributed by atoms with Crippen molar-refractivity contribution in [1.82, 2.24) is 10.2 Å². The summed E-state index contributed by atoms with van der Waals surface area (Å²) in [5.74, 6) is 0. The van der Waals surface area contributed by atoms with Crippen molar-refractivity contribution < 1.29 is 4.79 Å². The van der Waals surface area contributed by atoms with Crippen LogP contribution in [0.15, 0.2) is 17.5 Å². The summed E-state index contributed by atoms with van der Waals surface area (Å²) >= 11 is 1.67. The van der Waals surface area contributed by atoms with Gasteiger partial charge in [0.1, 0.15) is 0 Å². The monoisotopic (exact) mass is 226 g/mol. The van der Waals surface area contributed by atoms with Crippen LogP contribution >= 0.6 is 11.3 Å². The first-order valence-corrected chi connectivity index (χ1v) is 5.97. The molecule has 0 saturated heterocycles. The smallest absolute Gasteiger partial charge is 0.317 e. The maximum Gasteiger partial charge on any atom is 0.317 e. The Kier molecular flexibility index (Phi) is 4.15. The molecule has 1 rings (SSSR count). The molecule has 2 amide bonds. The number of hydrogen-bond donors (Lipinski definition) is 1. The van der Waals surface area contributed by atoms with E-state index in [9.17, 15) is 4.79 Å². The maximum absolute atomic E-state index is 11.7. The first-order valence-electron chi connectivity index (χ1n) is 5.09. The molecular formula is C11H18N2OS. The Labute approximate surface area is 95.1 Å². The summed E-state index contributed by atoms with van der Waals surface area (Å²) in [6, 6.07) is 4.34. The van der Waals surface area contributed by atoms with E-state index in [4.69, 9.17) is 0 Å². The third kappa shape index (κ3) is 3.23. The van der Waals surface area contributed by atoms with E-state index in [0.717, 1.165) is 0 Å². The molecule has 0 aliphatic carbocycles. The largest absolute Gasteiger partial charge is 0.336 e. The van der Waals surface area contributed by atoms with Crippen LogP contribution in [0.4, 0.5) is 4.79 Å². The van der Waals surface area contributed by atoms with E-state index in [0.29, 0.717) is 0 Å². The van der Waals surface area contributed by atoms with Crippen LogP contribution < -0.4 is 5.32 Å². The summed E-state index contributed by atoms with van der Waals surface area (Å²) in [7, 11) is 1.82. The third-order valence-corrected chi connectivity index (χ3v) is 3.31. The molecule has 1 heterocycles. The van der Waals surface area contributed by atoms with E-state index in [1.165, 1.54) is 4.88 Å². The molecule has 3 nitrogen and oxygen atoms in total. The van der Waals surface area contributed by atoms with Crippen LogP contribution in [0, 0.1) is 0 Å². The quantitative estimate of drug-likeness (QED) is 0.844. The highest BCUT2D eigenvalue weighted by molar-refractivity contribution is 7.10. The molecule has 0 spiro atoms. The van der Waals surface area contributed by atoms with Gasteiger partial charge in [-0.05, 0) is 32.2 Å². The Balaban J connectivity index is 2.60. The number of carbonyl (C=O) groups is 1. The minimum Gasteiger partial charge on any atom is -0.336 e. The van der Waals surface area contributed by atoms with Gasteiger partial charge in [0, 0.05) is 18.0 Å². The van der Waals surface area contributed by atoms with Crippen molar-refractivity contribution in [2.45, 2.75) is 32.9 Å². The molecular weight excluding hydrogens is 208 g/mol. The van der Waals surface area contributed by atoms with Gasteiger partial charge in [-0.1, -0.05) is 6.07 Å². The van der Waals surface area contributed by atoms with E-state index in [-0.39, 0.29) is 18.1 Å². The van der Waals surface area contributed by atoms with Crippen LogP contribution in [0.25, 0.3) is 0 Å². The molecule has 1 N–H and O–H groups in total. The summed E-state index contributed by atoms with van der Waals surface area (Å²) in [6.45, 7) is 5.95. The van der Waals surface area contributed by atoms with Crippen molar-refractivity contribution in [2.24, 2.45) is 0 Å². The summed E-state index contributed by atoms with van der Waals surface area (Å²) in [4.78, 5) is 14.6. The lowest BCUT2D eigenvalue weighted by atomic mass is 10.2. The summed E-state index contributed by atoms with van der Waals surface area (Å²) in [5.41, 5.74) is 0. The molecule has 1 aromatic rings. The van der Waals surface area contributed by atoms with E-state index in [1.54, 1.807) is 16.2 Å². The highest BCUT2D eigenvalue weighted by Crippen LogP contribution is 2.23. The van der Waals surface area contributed by atoms with Gasteiger partial charge >= 0.3 is 6.03 Å². The number of rotatable bonds is 3. The molecule has 15 heavy (non-hydrogen) atoms. The highest BCUT2D eigenvalue weighted by atomic mass is 32.1. The van der Waals surface area contributed by atoms with Gasteiger partial charge in [0.25, 0.3) is 0 Å². The van der Waals surface area contributed by atoms with Gasteiger partial charge < -0.3 is 10.2 Å². The number of amides is 2. The molecule has 0 fully saturated rings. The number of carbonyl (C=O) groups excluding carboxylic acids is 1. The lowest BCUT2D eigenvalue weighted by Gasteiger charge is -2.25. The van der Waals surface area contributed by atoms with Crippen molar-refractivity contribution in [1.29, 1.82) is 0 Å². The van der Waals surface area contributed by atoms with Crippen molar-refractivity contribution >= 4 is 17.4 Å². The average molecular weight is 226 g/mol. The first-order chi connectivity index (χ1) is 7.02. The second-order valence-electron chi connectivity index (χ2n) is 3.91.